The number of phenols is 1. The number of benzene rings is 1. The zero-order valence-corrected chi connectivity index (χ0v) is 21.4. The molecule has 0 saturated heterocycles. The smallest absolute Gasteiger partial charge is 0.373 e. The van der Waals surface area contributed by atoms with Crippen molar-refractivity contribution in [1.82, 2.24) is 5.32 Å². The summed E-state index contributed by atoms with van der Waals surface area (Å²) in [7, 11) is 0. The van der Waals surface area contributed by atoms with E-state index in [4.69, 9.17) is 31.4 Å². The fourth-order valence-corrected chi connectivity index (χ4v) is 3.72. The van der Waals surface area contributed by atoms with Crippen molar-refractivity contribution in [1.29, 1.82) is 0 Å². The molecule has 0 radical (unpaired) electrons. The number of esters is 2. The Bertz CT molecular complexity index is 1080. The summed E-state index contributed by atoms with van der Waals surface area (Å²) >= 11 is 0. The zero-order valence-electron chi connectivity index (χ0n) is 21.4. The number of nitrogens with two attached hydrogens (primary N) is 3. The van der Waals surface area contributed by atoms with Gasteiger partial charge in [-0.05, 0) is 36.3 Å². The van der Waals surface area contributed by atoms with E-state index in [1.807, 2.05) is 0 Å². The number of aromatic hydroxyl groups is 1. The monoisotopic (exact) mass is 553 g/mol. The number of aliphatic hydroxyl groups is 3. The van der Waals surface area contributed by atoms with Gasteiger partial charge in [0.1, 0.15) is 24.1 Å². The highest BCUT2D eigenvalue weighted by molar-refractivity contribution is 5.87. The molecule has 0 saturated carbocycles. The molecule has 0 bridgehead atoms. The van der Waals surface area contributed by atoms with E-state index in [1.165, 1.54) is 25.1 Å². The molecule has 0 aromatic heterocycles. The minimum absolute atomic E-state index is 0.00256. The molecule has 216 valence electrons. The number of rotatable bonds is 13. The number of hydrogen-bond donors (Lipinski definition) is 8. The molecule has 39 heavy (non-hydrogen) atoms. The third kappa shape index (κ3) is 9.63. The van der Waals surface area contributed by atoms with Crippen LogP contribution in [0.1, 0.15) is 25.3 Å². The van der Waals surface area contributed by atoms with Gasteiger partial charge in [0.25, 0.3) is 0 Å². The quantitative estimate of drug-likeness (QED) is 0.0315. The molecule has 2 rings (SSSR count). The van der Waals surface area contributed by atoms with Crippen molar-refractivity contribution in [3.63, 3.8) is 0 Å². The molecule has 0 aliphatic carbocycles. The van der Waals surface area contributed by atoms with Crippen LogP contribution in [0, 0.1) is 0 Å². The first kappa shape index (κ1) is 31.1. The lowest BCUT2D eigenvalue weighted by Crippen LogP contribution is -2.59. The van der Waals surface area contributed by atoms with Crippen LogP contribution in [0.5, 0.6) is 5.75 Å². The second kappa shape index (κ2) is 14.8. The Balaban J connectivity index is 1.94. The molecule has 15 nitrogen and oxygen atoms in total. The molecule has 0 fully saturated rings. The van der Waals surface area contributed by atoms with Crippen LogP contribution in [-0.4, -0.2) is 94.4 Å². The number of anilines is 1. The van der Waals surface area contributed by atoms with Crippen LogP contribution in [0.2, 0.25) is 0 Å². The number of hydrogen-bond acceptors (Lipinski definition) is 12. The predicted octanol–water partition coefficient (Wildman–Crippen LogP) is -2.47. The first-order chi connectivity index (χ1) is 18.4. The Hall–Kier alpha value is -4.08. The summed E-state index contributed by atoms with van der Waals surface area (Å²) in [6.07, 6.45) is -3.28. The number of carbonyl (C=O) groups excluding carboxylic acids is 3. The molecule has 1 aliphatic rings. The lowest BCUT2D eigenvalue weighted by Gasteiger charge is -2.38. The summed E-state index contributed by atoms with van der Waals surface area (Å²) in [5, 5.41) is 41.9. The number of aliphatic imine (C=N–C) groups is 1. The molecule has 1 aliphatic heterocycles. The Morgan fingerprint density at radius 2 is 1.87 bits per heavy atom. The lowest BCUT2D eigenvalue weighted by molar-refractivity contribution is -0.152. The van der Waals surface area contributed by atoms with Crippen LogP contribution in [0.15, 0.2) is 35.0 Å². The van der Waals surface area contributed by atoms with Gasteiger partial charge in [-0.2, -0.15) is 0 Å². The van der Waals surface area contributed by atoms with Crippen LogP contribution in [-0.2, 0) is 35.0 Å². The summed E-state index contributed by atoms with van der Waals surface area (Å²) in [6, 6.07) is 2.35. The molecule has 0 unspecified atom stereocenters. The van der Waals surface area contributed by atoms with E-state index in [0.717, 1.165) is 0 Å². The highest BCUT2D eigenvalue weighted by Crippen LogP contribution is 2.25. The summed E-state index contributed by atoms with van der Waals surface area (Å²) in [6.45, 7) is 0.140. The number of aryl methyl sites for hydroxylation is 1. The Morgan fingerprint density at radius 1 is 1.18 bits per heavy atom. The lowest BCUT2D eigenvalue weighted by atomic mass is 9.92. The van der Waals surface area contributed by atoms with Crippen molar-refractivity contribution >= 4 is 29.5 Å². The summed E-state index contributed by atoms with van der Waals surface area (Å²) < 4.78 is 15.8. The maximum atomic E-state index is 12.6. The van der Waals surface area contributed by atoms with Crippen molar-refractivity contribution in [2.24, 2.45) is 16.5 Å². The van der Waals surface area contributed by atoms with Gasteiger partial charge < -0.3 is 57.2 Å². The van der Waals surface area contributed by atoms with Gasteiger partial charge in [0.2, 0.25) is 11.7 Å². The van der Waals surface area contributed by atoms with Crippen LogP contribution in [0.4, 0.5) is 5.69 Å². The molecule has 1 aromatic carbocycles. The highest BCUT2D eigenvalue weighted by atomic mass is 16.6. The first-order valence-corrected chi connectivity index (χ1v) is 12.0. The van der Waals surface area contributed by atoms with Crippen molar-refractivity contribution in [3.05, 3.63) is 35.6 Å². The van der Waals surface area contributed by atoms with Crippen molar-refractivity contribution in [2.45, 2.75) is 56.6 Å². The number of nitrogen functional groups attached to an aromatic ring is 1. The number of guanidine groups is 1. The molecular formula is C24H35N5O10. The Morgan fingerprint density at radius 3 is 2.51 bits per heavy atom. The number of amides is 1. The standard InChI is InChI=1S/C24H35N5O10/c1-12(31)28-20-15(29-24(26)27)10-18(39-22(20)21(35)17(33)11-30)23(36)38-8-2-7-37-19(34)6-3-13-9-14(25)4-5-16(13)32/h4-5,9-10,15,17,20-22,30,32-33,35H,2-3,6-8,11,25H2,1H3,(H,28,31)(H4,26,27,29)/t15-,17+,20+,21+,22+/m0/s1. The maximum Gasteiger partial charge on any atom is 0.373 e. The molecule has 1 heterocycles. The van der Waals surface area contributed by atoms with E-state index in [-0.39, 0.29) is 44.2 Å². The average molecular weight is 554 g/mol. The summed E-state index contributed by atoms with van der Waals surface area (Å²) in [5.41, 5.74) is 17.6. The summed E-state index contributed by atoms with van der Waals surface area (Å²) in [5.74, 6) is -2.79. The molecular weight excluding hydrogens is 518 g/mol. The molecule has 0 spiro atoms. The Kier molecular flexibility index (Phi) is 11.8. The fraction of sp³-hybridized carbons (Fsp3) is 0.500. The zero-order chi connectivity index (χ0) is 29.1. The largest absolute Gasteiger partial charge is 0.508 e. The van der Waals surface area contributed by atoms with Gasteiger partial charge in [-0.15, -0.1) is 0 Å². The molecule has 1 aromatic rings. The SMILES string of the molecule is CC(=O)N[C@H]1[C@H]([C@H](O)[C@H](O)CO)OC(C(=O)OCCCOC(=O)CCc2cc(N)ccc2O)=C[C@@H]1N=C(N)N. The number of nitrogens with one attached hydrogen (secondary N) is 1. The van der Waals surface area contributed by atoms with E-state index in [9.17, 15) is 34.8 Å². The minimum atomic E-state index is -1.74. The van der Waals surface area contributed by atoms with Crippen molar-refractivity contribution in [3.8, 4) is 5.75 Å². The number of nitrogens with zero attached hydrogens (tertiary/aromatic N) is 1. The van der Waals surface area contributed by atoms with Crippen LogP contribution < -0.4 is 22.5 Å². The molecule has 1 amide bonds. The number of phenolic OH excluding ortho intramolecular Hbond substituents is 1. The van der Waals surface area contributed by atoms with Crippen LogP contribution >= 0.6 is 0 Å². The van der Waals surface area contributed by atoms with Crippen LogP contribution in [0.3, 0.4) is 0 Å². The number of carbonyl (C=O) groups is 3. The van der Waals surface area contributed by atoms with Gasteiger partial charge in [-0.3, -0.25) is 9.59 Å². The molecule has 15 heteroatoms. The third-order valence-corrected chi connectivity index (χ3v) is 5.58. The van der Waals surface area contributed by atoms with Gasteiger partial charge in [-0.1, -0.05) is 0 Å². The average Bonchev–Trinajstić information content (AvgIpc) is 2.88. The topological polar surface area (TPSA) is 262 Å². The number of aliphatic hydroxyl groups excluding tert-OH is 3. The normalized spacial score (nSPS) is 20.0. The van der Waals surface area contributed by atoms with E-state index < -0.39 is 60.6 Å². The van der Waals surface area contributed by atoms with Crippen LogP contribution in [0.25, 0.3) is 0 Å². The second-order valence-corrected chi connectivity index (χ2v) is 8.72. The van der Waals surface area contributed by atoms with E-state index in [0.29, 0.717) is 11.3 Å². The minimum Gasteiger partial charge on any atom is -0.508 e. The van der Waals surface area contributed by atoms with Gasteiger partial charge in [-0.25, -0.2) is 9.79 Å². The first-order valence-electron chi connectivity index (χ1n) is 12.0. The van der Waals surface area contributed by atoms with E-state index in [2.05, 4.69) is 10.3 Å². The highest BCUT2D eigenvalue weighted by Gasteiger charge is 2.44. The van der Waals surface area contributed by atoms with Crippen molar-refractivity contribution < 1.29 is 49.0 Å². The summed E-state index contributed by atoms with van der Waals surface area (Å²) in [4.78, 5) is 40.3. The second-order valence-electron chi connectivity index (χ2n) is 8.72. The van der Waals surface area contributed by atoms with E-state index >= 15 is 0 Å². The predicted molar refractivity (Wildman–Crippen MR) is 137 cm³/mol. The third-order valence-electron chi connectivity index (χ3n) is 5.58. The van der Waals surface area contributed by atoms with Gasteiger partial charge in [0.15, 0.2) is 5.96 Å². The van der Waals surface area contributed by atoms with Gasteiger partial charge >= 0.3 is 11.9 Å². The molecule has 11 N–H and O–H groups in total. The Labute approximate surface area is 224 Å². The van der Waals surface area contributed by atoms with Gasteiger partial charge in [0, 0.05) is 25.5 Å². The maximum absolute atomic E-state index is 12.6. The number of ether oxygens (including phenoxy) is 3. The van der Waals surface area contributed by atoms with E-state index in [1.54, 1.807) is 6.07 Å². The van der Waals surface area contributed by atoms with Gasteiger partial charge in [0.05, 0.1) is 31.9 Å². The fourth-order valence-electron chi connectivity index (χ4n) is 3.72. The molecule has 5 atom stereocenters. The van der Waals surface area contributed by atoms with Crippen molar-refractivity contribution in [2.75, 3.05) is 25.6 Å².